The van der Waals surface area contributed by atoms with Gasteiger partial charge in [-0.3, -0.25) is 0 Å². The fourth-order valence-electron chi connectivity index (χ4n) is 0.532. The summed E-state index contributed by atoms with van der Waals surface area (Å²) in [5.41, 5.74) is 0.875. The Morgan fingerprint density at radius 2 is 2.60 bits per heavy atom. The van der Waals surface area contributed by atoms with E-state index in [1.165, 1.54) is 11.8 Å². The monoisotopic (exact) mass is 159 g/mol. The van der Waals surface area contributed by atoms with Crippen LogP contribution in [0.5, 0.6) is 0 Å². The SMILES string of the molecule is Cc1coc(SCCO)n1. The van der Waals surface area contributed by atoms with Crippen molar-refractivity contribution < 1.29 is 9.52 Å². The maximum absolute atomic E-state index is 8.44. The number of oxazole rings is 1. The standard InChI is InChI=1S/C6H9NO2S/c1-5-4-9-6(7-5)10-3-2-8/h4,8H,2-3H2,1H3. The topological polar surface area (TPSA) is 46.3 Å². The first-order valence-electron chi connectivity index (χ1n) is 2.98. The molecular weight excluding hydrogens is 150 g/mol. The molecule has 1 aromatic heterocycles. The molecular formula is C6H9NO2S. The molecule has 0 aliphatic heterocycles. The van der Waals surface area contributed by atoms with Crippen molar-refractivity contribution in [1.82, 2.24) is 4.98 Å². The average Bonchev–Trinajstić information content (AvgIpc) is 2.31. The Kier molecular flexibility index (Phi) is 2.77. The van der Waals surface area contributed by atoms with E-state index in [4.69, 9.17) is 9.52 Å². The van der Waals surface area contributed by atoms with Crippen LogP contribution in [-0.4, -0.2) is 22.5 Å². The van der Waals surface area contributed by atoms with Crippen molar-refractivity contribution in [1.29, 1.82) is 0 Å². The molecule has 0 saturated carbocycles. The van der Waals surface area contributed by atoms with Gasteiger partial charge in [-0.15, -0.1) is 0 Å². The van der Waals surface area contributed by atoms with Gasteiger partial charge in [0.15, 0.2) is 0 Å². The van der Waals surface area contributed by atoms with E-state index in [-0.39, 0.29) is 6.61 Å². The summed E-state index contributed by atoms with van der Waals surface area (Å²) < 4.78 is 5.01. The molecule has 0 amide bonds. The lowest BCUT2D eigenvalue weighted by Gasteiger charge is -1.88. The molecule has 3 nitrogen and oxygen atoms in total. The van der Waals surface area contributed by atoms with Crippen molar-refractivity contribution in [2.75, 3.05) is 12.4 Å². The van der Waals surface area contributed by atoms with E-state index in [2.05, 4.69) is 4.98 Å². The molecule has 4 heteroatoms. The van der Waals surface area contributed by atoms with Crippen LogP contribution in [0.1, 0.15) is 5.69 Å². The maximum atomic E-state index is 8.44. The van der Waals surface area contributed by atoms with Crippen LogP contribution >= 0.6 is 11.8 Å². The molecule has 56 valence electrons. The normalized spacial score (nSPS) is 10.2. The summed E-state index contributed by atoms with van der Waals surface area (Å²) in [7, 11) is 0. The first-order chi connectivity index (χ1) is 4.83. The summed E-state index contributed by atoms with van der Waals surface area (Å²) >= 11 is 1.41. The fraction of sp³-hybridized carbons (Fsp3) is 0.500. The van der Waals surface area contributed by atoms with Gasteiger partial charge in [0.25, 0.3) is 5.22 Å². The van der Waals surface area contributed by atoms with Gasteiger partial charge < -0.3 is 9.52 Å². The largest absolute Gasteiger partial charge is 0.440 e. The molecule has 0 saturated heterocycles. The predicted molar refractivity (Wildman–Crippen MR) is 39.0 cm³/mol. The Morgan fingerprint density at radius 1 is 1.80 bits per heavy atom. The Labute approximate surface area is 63.5 Å². The second-order valence-electron chi connectivity index (χ2n) is 1.83. The summed E-state index contributed by atoms with van der Waals surface area (Å²) in [5.74, 6) is 0.639. The van der Waals surface area contributed by atoms with Crippen molar-refractivity contribution in [3.05, 3.63) is 12.0 Å². The number of hydrogen-bond donors (Lipinski definition) is 1. The zero-order chi connectivity index (χ0) is 7.40. The molecule has 1 heterocycles. The van der Waals surface area contributed by atoms with Crippen LogP contribution in [0.25, 0.3) is 0 Å². The van der Waals surface area contributed by atoms with E-state index < -0.39 is 0 Å². The lowest BCUT2D eigenvalue weighted by molar-refractivity contribution is 0.322. The minimum Gasteiger partial charge on any atom is -0.440 e. The van der Waals surface area contributed by atoms with Crippen LogP contribution in [-0.2, 0) is 0 Å². The van der Waals surface area contributed by atoms with Crippen LogP contribution in [0.3, 0.4) is 0 Å². The first kappa shape index (κ1) is 7.63. The quantitative estimate of drug-likeness (QED) is 0.670. The van der Waals surface area contributed by atoms with Gasteiger partial charge in [-0.2, -0.15) is 0 Å². The minimum absolute atomic E-state index is 0.159. The molecule has 10 heavy (non-hydrogen) atoms. The highest BCUT2D eigenvalue weighted by Gasteiger charge is 1.98. The van der Waals surface area contributed by atoms with Crippen LogP contribution < -0.4 is 0 Å². The number of aromatic nitrogens is 1. The molecule has 0 aromatic carbocycles. The number of aliphatic hydroxyl groups is 1. The minimum atomic E-state index is 0.159. The van der Waals surface area contributed by atoms with Gasteiger partial charge in [0, 0.05) is 5.75 Å². The molecule has 0 atom stereocenters. The van der Waals surface area contributed by atoms with Crippen molar-refractivity contribution in [3.8, 4) is 0 Å². The van der Waals surface area contributed by atoms with Crippen LogP contribution in [0.15, 0.2) is 15.9 Å². The molecule has 0 spiro atoms. The van der Waals surface area contributed by atoms with E-state index >= 15 is 0 Å². The van der Waals surface area contributed by atoms with Crippen molar-refractivity contribution >= 4 is 11.8 Å². The number of thioether (sulfide) groups is 1. The van der Waals surface area contributed by atoms with Gasteiger partial charge in [0.1, 0.15) is 6.26 Å². The molecule has 0 radical (unpaired) electrons. The van der Waals surface area contributed by atoms with Gasteiger partial charge in [-0.25, -0.2) is 4.98 Å². The summed E-state index contributed by atoms with van der Waals surface area (Å²) in [6, 6.07) is 0. The molecule has 0 aliphatic rings. The third-order valence-electron chi connectivity index (χ3n) is 0.915. The lowest BCUT2D eigenvalue weighted by atomic mass is 10.6. The fourth-order valence-corrected chi connectivity index (χ4v) is 1.12. The van der Waals surface area contributed by atoms with Crippen molar-refractivity contribution in [2.45, 2.75) is 12.1 Å². The molecule has 0 aliphatic carbocycles. The average molecular weight is 159 g/mol. The van der Waals surface area contributed by atoms with Crippen LogP contribution in [0.4, 0.5) is 0 Å². The molecule has 1 aromatic rings. The lowest BCUT2D eigenvalue weighted by Crippen LogP contribution is -1.84. The van der Waals surface area contributed by atoms with Gasteiger partial charge in [-0.1, -0.05) is 11.8 Å². The molecule has 0 bridgehead atoms. The number of hydrogen-bond acceptors (Lipinski definition) is 4. The third-order valence-corrected chi connectivity index (χ3v) is 1.74. The van der Waals surface area contributed by atoms with Gasteiger partial charge in [0.2, 0.25) is 0 Å². The Morgan fingerprint density at radius 3 is 3.10 bits per heavy atom. The molecule has 0 fully saturated rings. The van der Waals surface area contributed by atoms with Crippen molar-refractivity contribution in [2.24, 2.45) is 0 Å². The van der Waals surface area contributed by atoms with E-state index in [0.717, 1.165) is 5.69 Å². The first-order valence-corrected chi connectivity index (χ1v) is 3.97. The number of aryl methyl sites for hydroxylation is 1. The number of rotatable bonds is 3. The van der Waals surface area contributed by atoms with Gasteiger partial charge >= 0.3 is 0 Å². The van der Waals surface area contributed by atoms with E-state index in [1.807, 2.05) is 6.92 Å². The van der Waals surface area contributed by atoms with Crippen molar-refractivity contribution in [3.63, 3.8) is 0 Å². The second kappa shape index (κ2) is 3.63. The Bertz CT molecular complexity index is 199. The molecule has 1 N–H and O–H groups in total. The van der Waals surface area contributed by atoms with E-state index in [0.29, 0.717) is 11.0 Å². The van der Waals surface area contributed by atoms with E-state index in [1.54, 1.807) is 6.26 Å². The third kappa shape index (κ3) is 2.04. The molecule has 0 unspecified atom stereocenters. The maximum Gasteiger partial charge on any atom is 0.255 e. The summed E-state index contributed by atoms with van der Waals surface area (Å²) in [4.78, 5) is 4.03. The van der Waals surface area contributed by atoms with Crippen LogP contribution in [0, 0.1) is 6.92 Å². The predicted octanol–water partition coefficient (Wildman–Crippen LogP) is 1.07. The number of nitrogens with zero attached hydrogens (tertiary/aromatic N) is 1. The highest BCUT2D eigenvalue weighted by molar-refractivity contribution is 7.99. The van der Waals surface area contributed by atoms with Crippen LogP contribution in [0.2, 0.25) is 0 Å². The molecule has 1 rings (SSSR count). The summed E-state index contributed by atoms with van der Waals surface area (Å²) in [6.45, 7) is 2.03. The highest BCUT2D eigenvalue weighted by atomic mass is 32.2. The summed E-state index contributed by atoms with van der Waals surface area (Å²) in [5, 5.41) is 9.08. The zero-order valence-corrected chi connectivity index (χ0v) is 6.52. The highest BCUT2D eigenvalue weighted by Crippen LogP contribution is 2.15. The van der Waals surface area contributed by atoms with Gasteiger partial charge in [-0.05, 0) is 6.92 Å². The Hall–Kier alpha value is -0.480. The van der Waals surface area contributed by atoms with E-state index in [9.17, 15) is 0 Å². The smallest absolute Gasteiger partial charge is 0.255 e. The summed E-state index contributed by atoms with van der Waals surface area (Å²) in [6.07, 6.45) is 1.60. The second-order valence-corrected chi connectivity index (χ2v) is 2.87. The zero-order valence-electron chi connectivity index (χ0n) is 5.70. The van der Waals surface area contributed by atoms with Gasteiger partial charge in [0.05, 0.1) is 12.3 Å². The number of aliphatic hydroxyl groups excluding tert-OH is 1. The Balaban J connectivity index is 2.42.